The number of hydrogen-bond acceptors (Lipinski definition) is 0. The third-order valence-electron chi connectivity index (χ3n) is 0. The molecule has 0 atom stereocenters. The van der Waals surface area contributed by atoms with Gasteiger partial charge in [-0.15, -0.1) is 0 Å². The van der Waals surface area contributed by atoms with E-state index in [2.05, 4.69) is 0 Å². The average Bonchev–Trinajstić information content (AvgIpc) is 0. The van der Waals surface area contributed by atoms with Crippen molar-refractivity contribution in [2.45, 2.75) is 0 Å². The predicted octanol–water partition coefficient (Wildman–Crippen LogP) is -5.44. The molecule has 0 aromatic heterocycles. The fourth-order valence-corrected chi connectivity index (χ4v) is 0. The largest absolute Gasteiger partial charge is 2.00 e. The first kappa shape index (κ1) is 252. The van der Waals surface area contributed by atoms with Gasteiger partial charge in [0.1, 0.15) is 0 Å². The van der Waals surface area contributed by atoms with Crippen LogP contribution in [0.4, 0.5) is 0 Å². The summed E-state index contributed by atoms with van der Waals surface area (Å²) in [7, 11) is 0. The first-order valence-electron chi connectivity index (χ1n) is 0. The fourth-order valence-electron chi connectivity index (χ4n) is 0. The zero-order chi connectivity index (χ0) is 0. The summed E-state index contributed by atoms with van der Waals surface area (Å²) in [5.41, 5.74) is 0. The van der Waals surface area contributed by atoms with Crippen LogP contribution in [0, 0.1) is 0 Å². The molecule has 0 heterocycles. The van der Waals surface area contributed by atoms with Gasteiger partial charge in [0, 0.05) is 68.3 Å². The summed E-state index contributed by atoms with van der Waals surface area (Å²) in [5.74, 6) is 0. The van der Waals surface area contributed by atoms with Crippen molar-refractivity contribution in [1.82, 2.24) is 0 Å². The Morgan fingerprint density at radius 3 is 0.364 bits per heavy atom. The van der Waals surface area contributed by atoms with Gasteiger partial charge in [0.15, 0.2) is 0 Å². The Kier molecular flexibility index (Phi) is 4580. The van der Waals surface area contributed by atoms with E-state index in [0.29, 0.717) is 0 Å². The van der Waals surface area contributed by atoms with Crippen molar-refractivity contribution in [2.24, 2.45) is 0 Å². The van der Waals surface area contributed by atoms with Gasteiger partial charge in [-0.25, -0.2) is 0 Å². The molecule has 0 unspecified atom stereocenters. The van der Waals surface area contributed by atoms with Crippen molar-refractivity contribution in [3.05, 3.63) is 0 Å². The van der Waals surface area contributed by atoms with Crippen LogP contribution >= 0.6 is 0 Å². The van der Waals surface area contributed by atoms with Crippen molar-refractivity contribution >= 4 is 37.7 Å². The van der Waals surface area contributed by atoms with Crippen LogP contribution in [-0.4, -0.2) is 65.1 Å². The quantitative estimate of drug-likeness (QED) is 0.291. The first-order chi connectivity index (χ1) is 0. The van der Waals surface area contributed by atoms with E-state index < -0.39 is 0 Å². The van der Waals surface area contributed by atoms with Crippen molar-refractivity contribution in [3.63, 3.8) is 0 Å². The Morgan fingerprint density at radius 2 is 0.364 bits per heavy atom. The maximum Gasteiger partial charge on any atom is 2.00 e. The monoisotopic (exact) mass is 369 g/mol. The van der Waals surface area contributed by atoms with Crippen LogP contribution in [0.15, 0.2) is 0 Å². The van der Waals surface area contributed by atoms with E-state index in [1.54, 1.807) is 0 Å². The van der Waals surface area contributed by atoms with Gasteiger partial charge >= 0.3 is 37.7 Å². The molecule has 0 aliphatic rings. The second-order valence-electron chi connectivity index (χ2n) is 0. The predicted molar refractivity (Wildman–Crippen MR) is 28.7 cm³/mol. The molecule has 0 amide bonds. The van der Waals surface area contributed by atoms with Gasteiger partial charge in [-0.3, -0.25) is 0 Å². The molecule has 11 heteroatoms. The molecule has 4 radical (unpaired) electrons. The molecule has 0 aromatic carbocycles. The van der Waals surface area contributed by atoms with Crippen LogP contribution in [0.1, 0.15) is 0 Å². The second-order valence-corrected chi connectivity index (χ2v) is 0. The molecule has 6 nitrogen and oxygen atoms in total. The summed E-state index contributed by atoms with van der Waals surface area (Å²) >= 11 is 0. The Bertz CT molecular complexity index is 14.5. The summed E-state index contributed by atoms with van der Waals surface area (Å²) in [5, 5.41) is 0. The molecule has 0 fully saturated rings. The van der Waals surface area contributed by atoms with Crippen LogP contribution in [0.3, 0.4) is 0 Å². The Balaban J connectivity index is 0. The molecule has 0 aromatic rings. The fraction of sp³-hybridized carbons (Fsp3) is 0. The van der Waals surface area contributed by atoms with Gasteiger partial charge in [0.05, 0.1) is 0 Å². The zero-order valence-electron chi connectivity index (χ0n) is 5.30. The van der Waals surface area contributed by atoms with E-state index in [1.807, 2.05) is 0 Å². The van der Waals surface area contributed by atoms with Crippen molar-refractivity contribution in [2.75, 3.05) is 0 Å². The van der Waals surface area contributed by atoms with E-state index in [1.165, 1.54) is 0 Å². The minimum atomic E-state index is 0. The molecule has 0 bridgehead atoms. The van der Waals surface area contributed by atoms with E-state index in [9.17, 15) is 0 Å². The van der Waals surface area contributed by atoms with Crippen molar-refractivity contribution in [1.29, 1.82) is 0 Å². The maximum absolute atomic E-state index is 0. The normalized spacial score (nSPS) is 0. The van der Waals surface area contributed by atoms with E-state index in [4.69, 9.17) is 0 Å². The van der Waals surface area contributed by atoms with Crippen LogP contribution in [-0.2, 0) is 73.8 Å². The summed E-state index contributed by atoms with van der Waals surface area (Å²) in [6, 6.07) is 0. The first-order valence-corrected chi connectivity index (χ1v) is 0. The topological polar surface area (TPSA) is 190 Å². The molecule has 0 aliphatic carbocycles. The second kappa shape index (κ2) is 200. The van der Waals surface area contributed by atoms with Gasteiger partial charge < -0.3 is 32.9 Å². The van der Waals surface area contributed by atoms with Crippen LogP contribution in [0.25, 0.3) is 0 Å². The van der Waals surface area contributed by atoms with E-state index >= 15 is 0 Å². The molecule has 0 saturated carbocycles. The third kappa shape index (κ3) is 168. The third-order valence-corrected chi connectivity index (χ3v) is 0. The molecule has 11 heavy (non-hydrogen) atoms. The molecule has 0 rings (SSSR count). The number of hydrogen-bond donors (Lipinski definition) is 0. The van der Waals surface area contributed by atoms with Crippen LogP contribution in [0.2, 0.25) is 0 Å². The molecule has 76 valence electrons. The van der Waals surface area contributed by atoms with Gasteiger partial charge in [0.25, 0.3) is 0 Å². The molecule has 0 spiro atoms. The minimum absolute atomic E-state index is 0. The molecular weight excluding hydrogens is 356 g/mol. The zero-order valence-corrected chi connectivity index (χ0v) is 12.2. The standard InChI is InChI=1S/Ca.4Mn.6H2O/h;;;;;6*1H2/q+2;;;;;;;;;;/p+1. The molecule has 0 saturated heterocycles. The Labute approximate surface area is 137 Å². The van der Waals surface area contributed by atoms with E-state index in [-0.39, 0.29) is 139 Å². The summed E-state index contributed by atoms with van der Waals surface area (Å²) in [4.78, 5) is 0. The maximum atomic E-state index is 0. The minimum Gasteiger partial charge on any atom is -0.457 e. The van der Waals surface area contributed by atoms with Gasteiger partial charge in [-0.05, 0) is 0 Å². The summed E-state index contributed by atoms with van der Waals surface area (Å²) in [6.07, 6.45) is 0. The number of rotatable bonds is 0. The molecule has 0 aliphatic heterocycles. The van der Waals surface area contributed by atoms with Crippen molar-refractivity contribution < 1.29 is 101 Å². The summed E-state index contributed by atoms with van der Waals surface area (Å²) in [6.45, 7) is 0. The average molecular weight is 369 g/mol. The van der Waals surface area contributed by atoms with Crippen LogP contribution in [0.5, 0.6) is 0 Å². The smallest absolute Gasteiger partial charge is 0.457 e. The van der Waals surface area contributed by atoms with Gasteiger partial charge in [-0.2, -0.15) is 0 Å². The van der Waals surface area contributed by atoms with Crippen molar-refractivity contribution in [3.8, 4) is 0 Å². The van der Waals surface area contributed by atoms with Gasteiger partial charge in [0.2, 0.25) is 0 Å². The summed E-state index contributed by atoms with van der Waals surface area (Å²) < 4.78 is 0. The SMILES string of the molecule is O.O.O.O.O.[Ca+2].[Mn].[Mn].[Mn].[Mn].[OH3+]. The van der Waals surface area contributed by atoms with E-state index in [0.717, 1.165) is 0 Å². The van der Waals surface area contributed by atoms with Crippen LogP contribution < -0.4 is 0 Å². The Hall–Kier alpha value is 3.10. The van der Waals surface area contributed by atoms with Gasteiger partial charge in [-0.1, -0.05) is 0 Å². The molecular formula is H13CaMn4O6+3. The Morgan fingerprint density at radius 1 is 0.364 bits per heavy atom. The molecule has 13 N–H and O–H groups in total.